The first-order valence-electron chi connectivity index (χ1n) is 6.78. The van der Waals surface area contributed by atoms with Crippen molar-refractivity contribution < 1.29 is 0 Å². The van der Waals surface area contributed by atoms with Gasteiger partial charge in [-0.05, 0) is 59.9 Å². The van der Waals surface area contributed by atoms with Crippen LogP contribution in [-0.2, 0) is 6.42 Å². The summed E-state index contributed by atoms with van der Waals surface area (Å²) in [6.07, 6.45) is 0.920. The summed E-state index contributed by atoms with van der Waals surface area (Å²) in [6, 6.07) is 6.20. The molecule has 0 amide bonds. The highest BCUT2D eigenvalue weighted by Crippen LogP contribution is 2.27. The van der Waals surface area contributed by atoms with Crippen LogP contribution in [0.4, 0.5) is 5.82 Å². The molecule has 2 aromatic rings. The van der Waals surface area contributed by atoms with Crippen LogP contribution in [-0.4, -0.2) is 9.97 Å². The van der Waals surface area contributed by atoms with Gasteiger partial charge < -0.3 is 5.73 Å². The van der Waals surface area contributed by atoms with E-state index in [9.17, 15) is 0 Å². The van der Waals surface area contributed by atoms with E-state index in [1.807, 2.05) is 6.07 Å². The van der Waals surface area contributed by atoms with Crippen molar-refractivity contribution >= 4 is 28.4 Å². The van der Waals surface area contributed by atoms with Crippen LogP contribution in [0.5, 0.6) is 0 Å². The van der Waals surface area contributed by atoms with Crippen molar-refractivity contribution in [2.75, 3.05) is 5.73 Å². The fourth-order valence-electron chi connectivity index (χ4n) is 2.15. The van der Waals surface area contributed by atoms with Gasteiger partial charge >= 0.3 is 0 Å². The van der Waals surface area contributed by atoms with E-state index in [-0.39, 0.29) is 0 Å². The van der Waals surface area contributed by atoms with E-state index in [0.29, 0.717) is 11.7 Å². The van der Waals surface area contributed by atoms with Gasteiger partial charge in [-0.15, -0.1) is 0 Å². The molecule has 0 atom stereocenters. The molecule has 1 aromatic heterocycles. The van der Waals surface area contributed by atoms with Gasteiger partial charge in [-0.25, -0.2) is 9.97 Å². The predicted molar refractivity (Wildman–Crippen MR) is 92.6 cm³/mol. The lowest BCUT2D eigenvalue weighted by Crippen LogP contribution is -2.08. The molecule has 0 spiro atoms. The van der Waals surface area contributed by atoms with Gasteiger partial charge in [-0.3, -0.25) is 0 Å². The smallest absolute Gasteiger partial charge is 0.162 e. The zero-order chi connectivity index (χ0) is 14.9. The Hall–Kier alpha value is -1.17. The van der Waals surface area contributed by atoms with Gasteiger partial charge in [0, 0.05) is 5.56 Å². The minimum Gasteiger partial charge on any atom is -0.383 e. The summed E-state index contributed by atoms with van der Waals surface area (Å²) < 4.78 is 0.977. The highest BCUT2D eigenvalue weighted by atomic mass is 127. The van der Waals surface area contributed by atoms with Crippen LogP contribution in [0.1, 0.15) is 30.7 Å². The van der Waals surface area contributed by atoms with Gasteiger partial charge in [0.25, 0.3) is 0 Å². The molecule has 0 fully saturated rings. The van der Waals surface area contributed by atoms with Gasteiger partial charge in [0.1, 0.15) is 5.82 Å². The molecule has 1 aromatic carbocycles. The molecule has 0 aliphatic rings. The zero-order valence-electron chi connectivity index (χ0n) is 12.4. The van der Waals surface area contributed by atoms with Gasteiger partial charge in [0.2, 0.25) is 0 Å². The molecule has 0 bridgehead atoms. The van der Waals surface area contributed by atoms with E-state index in [4.69, 9.17) is 10.7 Å². The number of hydrogen-bond donors (Lipinski definition) is 1. The Morgan fingerprint density at radius 1 is 1.20 bits per heavy atom. The molecule has 0 radical (unpaired) electrons. The number of nitrogen functional groups attached to an aromatic ring is 1. The molecule has 106 valence electrons. The Balaban J connectivity index is 2.57. The fourth-order valence-corrected chi connectivity index (χ4v) is 2.61. The molecule has 4 heteroatoms. The average molecular weight is 381 g/mol. The van der Waals surface area contributed by atoms with E-state index < -0.39 is 0 Å². The second kappa shape index (κ2) is 6.08. The van der Waals surface area contributed by atoms with Crippen LogP contribution in [0.3, 0.4) is 0 Å². The van der Waals surface area contributed by atoms with E-state index in [0.717, 1.165) is 27.1 Å². The Morgan fingerprint density at radius 3 is 2.55 bits per heavy atom. The lowest BCUT2D eigenvalue weighted by molar-refractivity contribution is 0.632. The Kier molecular flexibility index (Phi) is 4.62. The number of nitrogens with zero attached hydrogens (tertiary/aromatic N) is 2. The predicted octanol–water partition coefficient (Wildman–Crippen LogP) is 4.15. The molecule has 0 aliphatic carbocycles. The monoisotopic (exact) mass is 381 g/mol. The number of halogens is 1. The molecule has 1 heterocycles. The van der Waals surface area contributed by atoms with Gasteiger partial charge in [-0.2, -0.15) is 0 Å². The second-order valence-corrected chi connectivity index (χ2v) is 6.62. The number of hydrogen-bond acceptors (Lipinski definition) is 3. The van der Waals surface area contributed by atoms with Crippen molar-refractivity contribution in [2.24, 2.45) is 5.92 Å². The first kappa shape index (κ1) is 15.2. The number of aryl methyl sites for hydroxylation is 1. The van der Waals surface area contributed by atoms with Crippen molar-refractivity contribution in [3.05, 3.63) is 38.6 Å². The minimum atomic E-state index is 0.546. The van der Waals surface area contributed by atoms with E-state index in [1.165, 1.54) is 11.1 Å². The number of nitrogens with two attached hydrogens (primary N) is 1. The topological polar surface area (TPSA) is 51.8 Å². The number of anilines is 1. The van der Waals surface area contributed by atoms with E-state index in [1.54, 1.807) is 0 Å². The third kappa shape index (κ3) is 3.11. The summed E-state index contributed by atoms with van der Waals surface area (Å²) >= 11 is 2.24. The molecular formula is C16H20IN3. The number of aromatic nitrogens is 2. The normalized spacial score (nSPS) is 11.1. The molecule has 2 N–H and O–H groups in total. The molecule has 3 nitrogen and oxygen atoms in total. The second-order valence-electron chi connectivity index (χ2n) is 5.54. The molecule has 0 unspecified atom stereocenters. The summed E-state index contributed by atoms with van der Waals surface area (Å²) in [5.74, 6) is 1.86. The summed E-state index contributed by atoms with van der Waals surface area (Å²) in [5, 5.41) is 0. The highest BCUT2D eigenvalue weighted by molar-refractivity contribution is 14.1. The first-order valence-corrected chi connectivity index (χ1v) is 7.86. The Labute approximate surface area is 134 Å². The molecule has 20 heavy (non-hydrogen) atoms. The maximum atomic E-state index is 6.06. The molecule has 0 saturated heterocycles. The molecule has 0 aliphatic heterocycles. The van der Waals surface area contributed by atoms with Crippen LogP contribution in [0.25, 0.3) is 11.4 Å². The summed E-state index contributed by atoms with van der Waals surface area (Å²) in [6.45, 7) is 8.58. The highest BCUT2D eigenvalue weighted by Gasteiger charge is 2.14. The maximum absolute atomic E-state index is 6.06. The standard InChI is InChI=1S/C16H20IN3/c1-9(2)8-13-14(17)15(18)20-16(19-13)12-7-5-6-10(3)11(12)4/h5-7,9H,8H2,1-4H3,(H2,18,19,20). The van der Waals surface area contributed by atoms with E-state index >= 15 is 0 Å². The van der Waals surface area contributed by atoms with Crippen LogP contribution in [0.15, 0.2) is 18.2 Å². The zero-order valence-corrected chi connectivity index (χ0v) is 14.5. The molecular weight excluding hydrogens is 361 g/mol. The van der Waals surface area contributed by atoms with Crippen molar-refractivity contribution in [2.45, 2.75) is 34.1 Å². The van der Waals surface area contributed by atoms with Crippen molar-refractivity contribution in [3.63, 3.8) is 0 Å². The van der Waals surface area contributed by atoms with Crippen LogP contribution >= 0.6 is 22.6 Å². The minimum absolute atomic E-state index is 0.546. The fraction of sp³-hybridized carbons (Fsp3) is 0.375. The Morgan fingerprint density at radius 2 is 1.90 bits per heavy atom. The van der Waals surface area contributed by atoms with Crippen LogP contribution < -0.4 is 5.73 Å². The van der Waals surface area contributed by atoms with Gasteiger partial charge in [0.05, 0.1) is 9.26 Å². The summed E-state index contributed by atoms with van der Waals surface area (Å²) in [5.41, 5.74) is 10.6. The number of rotatable bonds is 3. The summed E-state index contributed by atoms with van der Waals surface area (Å²) in [7, 11) is 0. The van der Waals surface area contributed by atoms with Gasteiger partial charge in [-0.1, -0.05) is 32.0 Å². The van der Waals surface area contributed by atoms with Crippen molar-refractivity contribution in [3.8, 4) is 11.4 Å². The van der Waals surface area contributed by atoms with Crippen LogP contribution in [0, 0.1) is 23.3 Å². The maximum Gasteiger partial charge on any atom is 0.162 e. The molecule has 0 saturated carbocycles. The van der Waals surface area contributed by atoms with Crippen molar-refractivity contribution in [1.29, 1.82) is 0 Å². The van der Waals surface area contributed by atoms with Crippen LogP contribution in [0.2, 0.25) is 0 Å². The molecule has 2 rings (SSSR count). The lowest BCUT2D eigenvalue weighted by atomic mass is 10.0. The van der Waals surface area contributed by atoms with E-state index in [2.05, 4.69) is 67.4 Å². The third-order valence-corrected chi connectivity index (χ3v) is 4.57. The quantitative estimate of drug-likeness (QED) is 0.813. The Bertz CT molecular complexity index is 636. The number of benzene rings is 1. The third-order valence-electron chi connectivity index (χ3n) is 3.39. The van der Waals surface area contributed by atoms with Crippen molar-refractivity contribution in [1.82, 2.24) is 9.97 Å². The average Bonchev–Trinajstić information content (AvgIpc) is 2.37. The summed E-state index contributed by atoms with van der Waals surface area (Å²) in [4.78, 5) is 9.22. The SMILES string of the molecule is Cc1cccc(-c2nc(N)c(I)c(CC(C)C)n2)c1C. The van der Waals surface area contributed by atoms with Gasteiger partial charge in [0.15, 0.2) is 5.82 Å². The lowest BCUT2D eigenvalue weighted by Gasteiger charge is -2.13. The largest absolute Gasteiger partial charge is 0.383 e. The first-order chi connectivity index (χ1) is 9.40.